The molecule has 13 heteroatoms. The zero-order valence-corrected chi connectivity index (χ0v) is 17.8. The third kappa shape index (κ3) is 5.15. The number of hydrogen-bond acceptors (Lipinski definition) is 4. The highest BCUT2D eigenvalue weighted by atomic mass is 19.4. The lowest BCUT2D eigenvalue weighted by molar-refractivity contribution is -0.140. The molecule has 3 aliphatic rings. The van der Waals surface area contributed by atoms with Crippen LogP contribution in [0.1, 0.15) is 54.7 Å². The lowest BCUT2D eigenvalue weighted by Gasteiger charge is -2.21. The van der Waals surface area contributed by atoms with Gasteiger partial charge in [0.15, 0.2) is 0 Å². The number of nitrogens with zero attached hydrogens (tertiary/aromatic N) is 1. The predicted octanol–water partition coefficient (Wildman–Crippen LogP) is 2.24. The number of halogens is 5. The molecule has 3 amide bonds. The van der Waals surface area contributed by atoms with Crippen LogP contribution >= 0.6 is 0 Å². The summed E-state index contributed by atoms with van der Waals surface area (Å²) in [4.78, 5) is 39.3. The van der Waals surface area contributed by atoms with Crippen molar-refractivity contribution in [1.82, 2.24) is 20.9 Å². The Morgan fingerprint density at radius 2 is 1.85 bits per heavy atom. The molecule has 1 aromatic heterocycles. The highest BCUT2D eigenvalue weighted by Gasteiger charge is 2.58. The maximum atomic E-state index is 13.5. The third-order valence-corrected chi connectivity index (χ3v) is 6.58. The van der Waals surface area contributed by atoms with Crippen LogP contribution in [-0.2, 0) is 15.8 Å². The number of nitrogens with one attached hydrogen (secondary N) is 4. The quantitative estimate of drug-likeness (QED) is 0.420. The molecule has 4 rings (SSSR count). The average molecular weight is 487 g/mol. The first-order valence-corrected chi connectivity index (χ1v) is 10.8. The van der Waals surface area contributed by atoms with E-state index in [1.165, 1.54) is 0 Å². The summed E-state index contributed by atoms with van der Waals surface area (Å²) in [7, 11) is 0. The summed E-state index contributed by atoms with van der Waals surface area (Å²) < 4.78 is 65.3. The molecule has 1 aromatic rings. The van der Waals surface area contributed by atoms with Crippen molar-refractivity contribution in [3.63, 3.8) is 0 Å². The van der Waals surface area contributed by atoms with Crippen LogP contribution in [0.25, 0.3) is 0 Å². The normalized spacial score (nSPS) is 25.7. The van der Waals surface area contributed by atoms with Crippen LogP contribution < -0.4 is 16.0 Å². The second kappa shape index (κ2) is 8.25. The standard InChI is InChI=1S/C21H22F5N5O3/c22-20(23)8-11(20)6-14(30-17(33)13-1-2-15(29-13)21(24,25)26)18(34)28-12(9-27)5-10-7-19(3-4-19)31-16(10)32/h1-2,10-12,14,29H,3-8H2,(H,28,34)(H,30,33)(H,31,32)/t10-,11-,12+,14+/m1/s1. The molecule has 0 bridgehead atoms. The van der Waals surface area contributed by atoms with E-state index in [2.05, 4.69) is 16.0 Å². The van der Waals surface area contributed by atoms with Gasteiger partial charge in [-0.1, -0.05) is 0 Å². The van der Waals surface area contributed by atoms with Gasteiger partial charge in [-0.2, -0.15) is 18.4 Å². The molecule has 2 saturated carbocycles. The second-order valence-corrected chi connectivity index (χ2v) is 9.30. The molecule has 0 unspecified atom stereocenters. The Morgan fingerprint density at radius 3 is 2.35 bits per heavy atom. The highest BCUT2D eigenvalue weighted by molar-refractivity contribution is 5.96. The van der Waals surface area contributed by atoms with E-state index in [0.29, 0.717) is 12.5 Å². The van der Waals surface area contributed by atoms with Crippen molar-refractivity contribution in [2.45, 2.75) is 68.2 Å². The number of aromatic nitrogens is 1. The van der Waals surface area contributed by atoms with E-state index in [4.69, 9.17) is 0 Å². The van der Waals surface area contributed by atoms with E-state index in [0.717, 1.165) is 18.9 Å². The fourth-order valence-corrected chi connectivity index (χ4v) is 4.32. The number of carbonyl (C=O) groups excluding carboxylic acids is 3. The molecule has 2 heterocycles. The van der Waals surface area contributed by atoms with E-state index in [9.17, 15) is 41.6 Å². The number of hydrogen-bond donors (Lipinski definition) is 4. The zero-order chi connectivity index (χ0) is 24.9. The van der Waals surface area contributed by atoms with Crippen molar-refractivity contribution in [1.29, 1.82) is 5.26 Å². The molecule has 1 spiro atoms. The number of nitriles is 1. The SMILES string of the molecule is N#C[C@H](C[C@@H]1CC2(CC2)NC1=O)NC(=O)[C@H](C[C@@H]1CC1(F)F)NC(=O)c1ccc(C(F)(F)F)[nH]1. The van der Waals surface area contributed by atoms with Gasteiger partial charge in [0.1, 0.15) is 23.5 Å². The summed E-state index contributed by atoms with van der Waals surface area (Å²) in [5.41, 5.74) is -1.91. The van der Waals surface area contributed by atoms with Gasteiger partial charge >= 0.3 is 6.18 Å². The lowest BCUT2D eigenvalue weighted by Crippen LogP contribution is -2.50. The first-order chi connectivity index (χ1) is 15.8. The molecule has 1 saturated heterocycles. The minimum Gasteiger partial charge on any atom is -0.350 e. The fraction of sp³-hybridized carbons (Fsp3) is 0.619. The van der Waals surface area contributed by atoms with E-state index in [-0.39, 0.29) is 17.9 Å². The number of carbonyl (C=O) groups is 3. The van der Waals surface area contributed by atoms with E-state index < -0.39 is 72.1 Å². The van der Waals surface area contributed by atoms with Gasteiger partial charge in [0.2, 0.25) is 11.8 Å². The van der Waals surface area contributed by atoms with Crippen LogP contribution in [0.4, 0.5) is 22.0 Å². The second-order valence-electron chi connectivity index (χ2n) is 9.30. The van der Waals surface area contributed by atoms with Gasteiger partial charge < -0.3 is 20.9 Å². The van der Waals surface area contributed by atoms with Crippen molar-refractivity contribution in [3.05, 3.63) is 23.5 Å². The first-order valence-electron chi connectivity index (χ1n) is 10.8. The smallest absolute Gasteiger partial charge is 0.350 e. The molecule has 4 N–H and O–H groups in total. The Bertz CT molecular complexity index is 1040. The van der Waals surface area contributed by atoms with Gasteiger partial charge in [0.05, 0.1) is 6.07 Å². The van der Waals surface area contributed by atoms with Crippen molar-refractivity contribution >= 4 is 17.7 Å². The number of alkyl halides is 5. The largest absolute Gasteiger partial charge is 0.431 e. The van der Waals surface area contributed by atoms with Crippen molar-refractivity contribution in [2.24, 2.45) is 11.8 Å². The Kier molecular flexibility index (Phi) is 5.81. The molecule has 3 fully saturated rings. The molecule has 184 valence electrons. The van der Waals surface area contributed by atoms with Gasteiger partial charge in [-0.15, -0.1) is 0 Å². The summed E-state index contributed by atoms with van der Waals surface area (Å²) in [6.07, 6.45) is -3.43. The maximum absolute atomic E-state index is 13.5. The lowest BCUT2D eigenvalue weighted by atomic mass is 9.95. The first kappa shape index (κ1) is 24.0. The topological polar surface area (TPSA) is 127 Å². The van der Waals surface area contributed by atoms with Gasteiger partial charge in [-0.3, -0.25) is 14.4 Å². The van der Waals surface area contributed by atoms with E-state index >= 15 is 0 Å². The Balaban J connectivity index is 1.41. The summed E-state index contributed by atoms with van der Waals surface area (Å²) in [5, 5.41) is 16.9. The summed E-state index contributed by atoms with van der Waals surface area (Å²) in [5.74, 6) is -6.92. The Labute approximate surface area is 190 Å². The number of H-pyrrole nitrogens is 1. The van der Waals surface area contributed by atoms with Crippen LogP contribution in [0.2, 0.25) is 0 Å². The average Bonchev–Trinajstić information content (AvgIpc) is 3.46. The minimum atomic E-state index is -4.73. The minimum absolute atomic E-state index is 0.0155. The predicted molar refractivity (Wildman–Crippen MR) is 105 cm³/mol. The van der Waals surface area contributed by atoms with Gasteiger partial charge in [0.25, 0.3) is 11.8 Å². The highest BCUT2D eigenvalue weighted by Crippen LogP contribution is 2.51. The van der Waals surface area contributed by atoms with E-state index in [1.54, 1.807) is 0 Å². The Morgan fingerprint density at radius 1 is 1.18 bits per heavy atom. The van der Waals surface area contributed by atoms with E-state index in [1.807, 2.05) is 11.1 Å². The zero-order valence-electron chi connectivity index (χ0n) is 17.8. The summed E-state index contributed by atoms with van der Waals surface area (Å²) in [6, 6.07) is 0.756. The summed E-state index contributed by atoms with van der Waals surface area (Å²) in [6.45, 7) is 0. The van der Waals surface area contributed by atoms with Crippen LogP contribution in [0.15, 0.2) is 12.1 Å². The van der Waals surface area contributed by atoms with Crippen LogP contribution in [0.3, 0.4) is 0 Å². The van der Waals surface area contributed by atoms with Crippen molar-refractivity contribution in [3.8, 4) is 6.07 Å². The number of amides is 3. The molecular formula is C21H22F5N5O3. The number of rotatable bonds is 8. The van der Waals surface area contributed by atoms with Crippen molar-refractivity contribution in [2.75, 3.05) is 0 Å². The van der Waals surface area contributed by atoms with Crippen LogP contribution in [0, 0.1) is 23.2 Å². The molecule has 0 aromatic carbocycles. The molecule has 4 atom stereocenters. The molecule has 0 radical (unpaired) electrons. The molecular weight excluding hydrogens is 465 g/mol. The molecule has 2 aliphatic carbocycles. The van der Waals surface area contributed by atoms with Gasteiger partial charge in [-0.25, -0.2) is 8.78 Å². The monoisotopic (exact) mass is 487 g/mol. The molecule has 34 heavy (non-hydrogen) atoms. The van der Waals surface area contributed by atoms with Gasteiger partial charge in [0, 0.05) is 23.8 Å². The summed E-state index contributed by atoms with van der Waals surface area (Å²) >= 11 is 0. The number of aromatic amines is 1. The van der Waals surface area contributed by atoms with Crippen LogP contribution in [-0.4, -0.2) is 46.3 Å². The van der Waals surface area contributed by atoms with Crippen molar-refractivity contribution < 1.29 is 36.3 Å². The fourth-order valence-electron chi connectivity index (χ4n) is 4.32. The maximum Gasteiger partial charge on any atom is 0.431 e. The third-order valence-electron chi connectivity index (χ3n) is 6.58. The Hall–Kier alpha value is -3.17. The molecule has 8 nitrogen and oxygen atoms in total. The molecule has 1 aliphatic heterocycles. The van der Waals surface area contributed by atoms with Gasteiger partial charge in [-0.05, 0) is 44.2 Å². The van der Waals surface area contributed by atoms with Crippen LogP contribution in [0.5, 0.6) is 0 Å².